The van der Waals surface area contributed by atoms with Crippen LogP contribution >= 0.6 is 0 Å². The maximum absolute atomic E-state index is 12.0. The number of pyridine rings is 1. The van der Waals surface area contributed by atoms with Crippen molar-refractivity contribution in [3.8, 4) is 0 Å². The number of nitrogens with zero attached hydrogens (tertiary/aromatic N) is 3. The summed E-state index contributed by atoms with van der Waals surface area (Å²) in [5, 5.41) is 4.10. The van der Waals surface area contributed by atoms with E-state index in [1.807, 2.05) is 0 Å². The fourth-order valence-corrected chi connectivity index (χ4v) is 4.25. The van der Waals surface area contributed by atoms with Gasteiger partial charge in [0.05, 0.1) is 6.21 Å². The summed E-state index contributed by atoms with van der Waals surface area (Å²) in [4.78, 5) is 18.5. The molecule has 0 aliphatic carbocycles. The zero-order chi connectivity index (χ0) is 19.6. The van der Waals surface area contributed by atoms with Crippen LogP contribution in [0.2, 0.25) is 0 Å². The van der Waals surface area contributed by atoms with Crippen LogP contribution in [-0.4, -0.2) is 28.7 Å². The molecule has 2 heterocycles. The number of fused-ring (bicyclic) bond motifs is 1. The van der Waals surface area contributed by atoms with Gasteiger partial charge in [0.2, 0.25) is 0 Å². The number of rotatable bonds is 4. The van der Waals surface area contributed by atoms with E-state index in [2.05, 4.69) is 73.2 Å². The summed E-state index contributed by atoms with van der Waals surface area (Å²) < 4.78 is 0. The molecule has 1 N–H and O–H groups in total. The summed E-state index contributed by atoms with van der Waals surface area (Å²) in [6.07, 6.45) is 4.38. The van der Waals surface area contributed by atoms with E-state index in [0.717, 1.165) is 12.0 Å². The van der Waals surface area contributed by atoms with Gasteiger partial charge in [0.1, 0.15) is 5.69 Å². The highest BCUT2D eigenvalue weighted by Gasteiger charge is 2.37. The number of hydrazone groups is 1. The molecule has 0 saturated heterocycles. The summed E-state index contributed by atoms with van der Waals surface area (Å²) >= 11 is 0. The highest BCUT2D eigenvalue weighted by molar-refractivity contribution is 5.93. The molecule has 1 aromatic heterocycles. The van der Waals surface area contributed by atoms with Crippen LogP contribution in [0.3, 0.4) is 0 Å². The zero-order valence-electron chi connectivity index (χ0n) is 16.7. The van der Waals surface area contributed by atoms with Gasteiger partial charge in [0.25, 0.3) is 5.91 Å². The van der Waals surface area contributed by atoms with Crippen LogP contribution in [0, 0.1) is 0 Å². The zero-order valence-corrected chi connectivity index (χ0v) is 16.7. The Kier molecular flexibility index (Phi) is 5.31. The number of nitrogens with one attached hydrogen (secondary N) is 1. The van der Waals surface area contributed by atoms with Crippen molar-refractivity contribution >= 4 is 17.8 Å². The minimum atomic E-state index is -0.314. The smallest absolute Gasteiger partial charge is 0.289 e. The summed E-state index contributed by atoms with van der Waals surface area (Å²) in [6.45, 7) is 11.4. The first-order chi connectivity index (χ1) is 12.8. The average molecular weight is 364 g/mol. The van der Waals surface area contributed by atoms with Crippen LogP contribution in [0.4, 0.5) is 5.69 Å². The molecule has 27 heavy (non-hydrogen) atoms. The molecular formula is C22H28N4O. The predicted molar refractivity (Wildman–Crippen MR) is 110 cm³/mol. The molecule has 1 aliphatic rings. The van der Waals surface area contributed by atoms with Gasteiger partial charge in [0.15, 0.2) is 0 Å². The van der Waals surface area contributed by atoms with Crippen LogP contribution < -0.4 is 10.3 Å². The van der Waals surface area contributed by atoms with E-state index >= 15 is 0 Å². The molecule has 0 spiro atoms. The third-order valence-corrected chi connectivity index (χ3v) is 5.09. The number of anilines is 1. The second-order valence-electron chi connectivity index (χ2n) is 8.11. The molecule has 1 aliphatic heterocycles. The molecule has 0 fully saturated rings. The molecular weight excluding hydrogens is 336 g/mol. The van der Waals surface area contributed by atoms with Crippen LogP contribution in [0.25, 0.3) is 0 Å². The van der Waals surface area contributed by atoms with Crippen LogP contribution in [0.15, 0.2) is 47.7 Å². The second kappa shape index (κ2) is 7.51. The lowest BCUT2D eigenvalue weighted by Crippen LogP contribution is -2.51. The van der Waals surface area contributed by atoms with Gasteiger partial charge in [-0.1, -0.05) is 19.1 Å². The Balaban J connectivity index is 1.80. The van der Waals surface area contributed by atoms with Gasteiger partial charge < -0.3 is 4.90 Å². The highest BCUT2D eigenvalue weighted by Crippen LogP contribution is 2.44. The maximum atomic E-state index is 12.0. The first-order valence-corrected chi connectivity index (χ1v) is 9.47. The molecule has 0 saturated carbocycles. The number of amides is 1. The van der Waals surface area contributed by atoms with E-state index in [-0.39, 0.29) is 11.4 Å². The lowest BCUT2D eigenvalue weighted by Gasteiger charge is -2.50. The first-order valence-electron chi connectivity index (χ1n) is 9.47. The van der Waals surface area contributed by atoms with Crippen molar-refractivity contribution in [2.75, 3.05) is 4.90 Å². The SMILES string of the molecule is CC(C)N1c2ccc(/C=N\NC(=O)c3ccccn3)cc2[C@@H](C)CC1(C)C. The summed E-state index contributed by atoms with van der Waals surface area (Å²) in [7, 11) is 0. The standard InChI is InChI=1S/C22H28N4O/c1-15(2)26-20-10-9-17(12-18(20)16(3)13-22(26,4)5)14-24-25-21(27)19-8-6-7-11-23-19/h6-12,14-16H,13H2,1-5H3,(H,25,27)/b24-14-/t16-/m0/s1. The van der Waals surface area contributed by atoms with Gasteiger partial charge >= 0.3 is 0 Å². The fraction of sp³-hybridized carbons (Fsp3) is 0.409. The quantitative estimate of drug-likeness (QED) is 0.648. The number of hydrogen-bond donors (Lipinski definition) is 1. The van der Waals surface area contributed by atoms with Gasteiger partial charge in [-0.05, 0) is 75.4 Å². The fourth-order valence-electron chi connectivity index (χ4n) is 4.25. The predicted octanol–water partition coefficient (Wildman–Crippen LogP) is 4.35. The van der Waals surface area contributed by atoms with Crippen LogP contribution in [0.1, 0.15) is 68.6 Å². The van der Waals surface area contributed by atoms with E-state index in [4.69, 9.17) is 0 Å². The second-order valence-corrected chi connectivity index (χ2v) is 8.11. The van der Waals surface area contributed by atoms with Crippen molar-refractivity contribution in [1.29, 1.82) is 0 Å². The molecule has 142 valence electrons. The highest BCUT2D eigenvalue weighted by atomic mass is 16.2. The van der Waals surface area contributed by atoms with Gasteiger partial charge in [-0.2, -0.15) is 5.10 Å². The first kappa shape index (κ1) is 19.1. The molecule has 2 aromatic rings. The largest absolute Gasteiger partial charge is 0.364 e. The van der Waals surface area contributed by atoms with E-state index in [1.165, 1.54) is 11.3 Å². The number of aromatic nitrogens is 1. The van der Waals surface area contributed by atoms with Gasteiger partial charge in [-0.3, -0.25) is 9.78 Å². The number of carbonyl (C=O) groups is 1. The molecule has 0 unspecified atom stereocenters. The van der Waals surface area contributed by atoms with Crippen molar-refractivity contribution in [3.63, 3.8) is 0 Å². The van der Waals surface area contributed by atoms with Crippen molar-refractivity contribution in [3.05, 3.63) is 59.4 Å². The van der Waals surface area contributed by atoms with Gasteiger partial charge in [-0.25, -0.2) is 5.43 Å². The lowest BCUT2D eigenvalue weighted by atomic mass is 9.79. The molecule has 0 radical (unpaired) electrons. The normalized spacial score (nSPS) is 18.6. The molecule has 3 rings (SSSR count). The van der Waals surface area contributed by atoms with Crippen molar-refractivity contribution in [2.45, 2.75) is 58.5 Å². The number of benzene rings is 1. The number of hydrogen-bond acceptors (Lipinski definition) is 4. The van der Waals surface area contributed by atoms with Crippen molar-refractivity contribution in [2.24, 2.45) is 5.10 Å². The monoisotopic (exact) mass is 364 g/mol. The van der Waals surface area contributed by atoms with Crippen LogP contribution in [-0.2, 0) is 0 Å². The summed E-state index contributed by atoms with van der Waals surface area (Å²) in [5.74, 6) is 0.160. The molecule has 5 nitrogen and oxygen atoms in total. The average Bonchev–Trinajstić information content (AvgIpc) is 2.61. The Morgan fingerprint density at radius 3 is 2.78 bits per heavy atom. The van der Waals surface area contributed by atoms with E-state index in [9.17, 15) is 4.79 Å². The third-order valence-electron chi connectivity index (χ3n) is 5.09. The minimum absolute atomic E-state index is 0.132. The minimum Gasteiger partial charge on any atom is -0.364 e. The number of carbonyl (C=O) groups excluding carboxylic acids is 1. The Morgan fingerprint density at radius 2 is 2.11 bits per heavy atom. The van der Waals surface area contributed by atoms with Crippen molar-refractivity contribution in [1.82, 2.24) is 10.4 Å². The molecule has 5 heteroatoms. The van der Waals surface area contributed by atoms with Crippen molar-refractivity contribution < 1.29 is 4.79 Å². The van der Waals surface area contributed by atoms with Gasteiger partial charge in [-0.15, -0.1) is 0 Å². The molecule has 0 bridgehead atoms. The van der Waals surface area contributed by atoms with Gasteiger partial charge in [0, 0.05) is 23.5 Å². The summed E-state index contributed by atoms with van der Waals surface area (Å²) in [5.41, 5.74) is 6.63. The lowest BCUT2D eigenvalue weighted by molar-refractivity contribution is 0.0950. The molecule has 1 amide bonds. The Morgan fingerprint density at radius 1 is 1.33 bits per heavy atom. The summed E-state index contributed by atoms with van der Waals surface area (Å²) in [6, 6.07) is 12.1. The molecule has 1 atom stereocenters. The third kappa shape index (κ3) is 4.02. The van der Waals surface area contributed by atoms with E-state index < -0.39 is 0 Å². The Labute approximate surface area is 161 Å². The Hall–Kier alpha value is -2.69. The van der Waals surface area contributed by atoms with Crippen LogP contribution in [0.5, 0.6) is 0 Å². The topological polar surface area (TPSA) is 57.6 Å². The Bertz CT molecular complexity index is 843. The maximum Gasteiger partial charge on any atom is 0.289 e. The molecule has 1 aromatic carbocycles. The van der Waals surface area contributed by atoms with E-state index in [1.54, 1.807) is 30.6 Å². The van der Waals surface area contributed by atoms with E-state index in [0.29, 0.717) is 17.7 Å².